The average molecular weight is 1250 g/mol. The van der Waals surface area contributed by atoms with E-state index in [2.05, 4.69) is 310 Å². The normalized spacial score (nSPS) is 12.0. The van der Waals surface area contributed by atoms with Gasteiger partial charge in [-0.3, -0.25) is 18.9 Å². The van der Waals surface area contributed by atoms with Crippen LogP contribution in [0, 0.1) is 0 Å². The van der Waals surface area contributed by atoms with E-state index in [0.29, 0.717) is 11.6 Å². The molecule has 19 rings (SSSR count). The van der Waals surface area contributed by atoms with Gasteiger partial charge in [0.05, 0.1) is 67.6 Å². The van der Waals surface area contributed by atoms with Gasteiger partial charge in [-0.25, -0.2) is 29.9 Å². The van der Waals surface area contributed by atoms with Crippen LogP contribution in [0.3, 0.4) is 0 Å². The molecule has 0 atom stereocenters. The summed E-state index contributed by atoms with van der Waals surface area (Å²) in [6.07, 6.45) is 0. The Kier molecular flexibility index (Phi) is 13.3. The number of aromatic nitrogens is 8. The standard InChI is InChI=1S/C88H56N10/c1-5-23-57(24-6-1)74-55-75(58-25-7-2-8-26-58)90-85(89-74)61-43-47-67(48-44-61)95-79-39-17-13-35-69(79)70-36-14-18-40-80(70)98-84-50-46-65(54-78(84)94-88(95)98)64-45-49-82-72(53-64)71-37-15-19-41-81(71)97-83-42-20-16-38-73(83)93-87(97)96(82)68-34-22-32-63(52-68)62-31-21-33-66(51-62)86-91-76(59-27-9-3-10-28-59)56-77(92-86)60-29-11-4-12-30-60/h1-56H. The quantitative estimate of drug-likeness (QED) is 0.134. The van der Waals surface area contributed by atoms with Crippen LogP contribution in [0.15, 0.2) is 340 Å². The smallest absolute Gasteiger partial charge is 0.220 e. The fourth-order valence-corrected chi connectivity index (χ4v) is 14.2. The maximum atomic E-state index is 5.69. The molecule has 0 amide bonds. The molecule has 6 heterocycles. The van der Waals surface area contributed by atoms with E-state index in [-0.39, 0.29) is 0 Å². The molecule has 2 aliphatic rings. The molecule has 0 unspecified atom stereocenters. The second-order valence-electron chi connectivity index (χ2n) is 24.7. The Bertz CT molecular complexity index is 5830. The van der Waals surface area contributed by atoms with Crippen LogP contribution >= 0.6 is 0 Å². The summed E-state index contributed by atoms with van der Waals surface area (Å²) >= 11 is 0. The first-order chi connectivity index (χ1) is 48.6. The van der Waals surface area contributed by atoms with Crippen LogP contribution in [0.4, 0.5) is 34.6 Å². The lowest BCUT2D eigenvalue weighted by atomic mass is 9.95. The van der Waals surface area contributed by atoms with Gasteiger partial charge in [-0.1, -0.05) is 231 Å². The van der Waals surface area contributed by atoms with E-state index in [1.54, 1.807) is 0 Å². The molecule has 98 heavy (non-hydrogen) atoms. The van der Waals surface area contributed by atoms with Gasteiger partial charge in [-0.2, -0.15) is 0 Å². The van der Waals surface area contributed by atoms with Crippen molar-refractivity contribution in [2.45, 2.75) is 0 Å². The Morgan fingerprint density at radius 3 is 1.17 bits per heavy atom. The van der Waals surface area contributed by atoms with E-state index in [0.717, 1.165) is 169 Å². The molecule has 0 radical (unpaired) electrons. The predicted molar refractivity (Wildman–Crippen MR) is 398 cm³/mol. The zero-order valence-electron chi connectivity index (χ0n) is 52.8. The Hall–Kier alpha value is -13.4. The number of nitrogens with zero attached hydrogens (tertiary/aromatic N) is 10. The molecule has 4 aromatic heterocycles. The summed E-state index contributed by atoms with van der Waals surface area (Å²) in [6.45, 7) is 0. The number of anilines is 6. The zero-order valence-corrected chi connectivity index (χ0v) is 52.8. The summed E-state index contributed by atoms with van der Waals surface area (Å²) in [5, 5.41) is 0. The van der Waals surface area contributed by atoms with Crippen molar-refractivity contribution in [2.75, 3.05) is 9.80 Å². The Labute approximate surface area is 565 Å². The van der Waals surface area contributed by atoms with E-state index in [4.69, 9.17) is 29.9 Å². The van der Waals surface area contributed by atoms with Gasteiger partial charge >= 0.3 is 0 Å². The summed E-state index contributed by atoms with van der Waals surface area (Å²) in [4.78, 5) is 36.6. The van der Waals surface area contributed by atoms with Crippen LogP contribution in [0.5, 0.6) is 0 Å². The fourth-order valence-electron chi connectivity index (χ4n) is 14.2. The third-order valence-electron chi connectivity index (χ3n) is 18.8. The van der Waals surface area contributed by atoms with Gasteiger partial charge in [0.2, 0.25) is 11.9 Å². The summed E-state index contributed by atoms with van der Waals surface area (Å²) < 4.78 is 4.64. The van der Waals surface area contributed by atoms with Crippen molar-refractivity contribution in [3.63, 3.8) is 0 Å². The molecule has 458 valence electrons. The molecular weight excluding hydrogens is 1200 g/mol. The molecule has 13 aromatic carbocycles. The monoisotopic (exact) mass is 1250 g/mol. The maximum Gasteiger partial charge on any atom is 0.220 e. The Balaban J connectivity index is 0.726. The summed E-state index contributed by atoms with van der Waals surface area (Å²) in [5.41, 5.74) is 27.8. The van der Waals surface area contributed by atoms with E-state index in [9.17, 15) is 0 Å². The van der Waals surface area contributed by atoms with Gasteiger partial charge in [0.15, 0.2) is 11.6 Å². The van der Waals surface area contributed by atoms with Gasteiger partial charge < -0.3 is 0 Å². The topological polar surface area (TPSA) is 93.7 Å². The van der Waals surface area contributed by atoms with Gasteiger partial charge in [0.1, 0.15) is 0 Å². The zero-order chi connectivity index (χ0) is 64.6. The molecule has 0 saturated carbocycles. The van der Waals surface area contributed by atoms with Crippen LogP contribution in [0.25, 0.3) is 146 Å². The molecule has 10 heteroatoms. The fraction of sp³-hybridized carbons (Fsp3) is 0. The number of benzene rings is 13. The third kappa shape index (κ3) is 9.65. The lowest BCUT2D eigenvalue weighted by Gasteiger charge is -2.25. The van der Waals surface area contributed by atoms with Crippen molar-refractivity contribution in [1.29, 1.82) is 0 Å². The van der Waals surface area contributed by atoms with E-state index < -0.39 is 0 Å². The molecule has 0 aliphatic carbocycles. The first-order valence-electron chi connectivity index (χ1n) is 32.9. The minimum Gasteiger partial charge on any atom is -0.280 e. The largest absolute Gasteiger partial charge is 0.280 e. The minimum atomic E-state index is 0.649. The summed E-state index contributed by atoms with van der Waals surface area (Å²) in [7, 11) is 0. The Morgan fingerprint density at radius 1 is 0.194 bits per heavy atom. The second kappa shape index (κ2) is 23.2. The predicted octanol–water partition coefficient (Wildman–Crippen LogP) is 22.2. The van der Waals surface area contributed by atoms with Crippen LogP contribution < -0.4 is 9.80 Å². The lowest BCUT2D eigenvalue weighted by molar-refractivity contribution is 1.05. The van der Waals surface area contributed by atoms with Gasteiger partial charge in [-0.15, -0.1) is 0 Å². The molecule has 10 nitrogen and oxygen atoms in total. The van der Waals surface area contributed by atoms with Gasteiger partial charge in [0.25, 0.3) is 0 Å². The number of hydrogen-bond donors (Lipinski definition) is 0. The molecule has 0 spiro atoms. The van der Waals surface area contributed by atoms with Crippen molar-refractivity contribution in [1.82, 2.24) is 39.0 Å². The van der Waals surface area contributed by atoms with Gasteiger partial charge in [0, 0.05) is 67.0 Å². The molecule has 17 aromatic rings. The first-order valence-corrected chi connectivity index (χ1v) is 32.9. The van der Waals surface area contributed by atoms with Crippen LogP contribution in [-0.2, 0) is 0 Å². The SMILES string of the molecule is c1ccc(-c2cc(-c3ccccc3)nc(-c3ccc(N4c5ccccc5-c5ccccc5-n5c4nc4cc(-c6ccc7c(c6)-c6ccccc6-n6c(nc8ccccc86)N7c6cccc(-c7cccc(-c8nc(-c9ccccc9)cc(-c9ccccc9)n8)c7)c6)ccc45)cc3)n2)cc1. The van der Waals surface area contributed by atoms with E-state index in [1.807, 2.05) is 48.5 Å². The van der Waals surface area contributed by atoms with Gasteiger partial charge in [-0.05, 0) is 131 Å². The molecule has 0 bridgehead atoms. The van der Waals surface area contributed by atoms with E-state index >= 15 is 0 Å². The summed E-state index contributed by atoms with van der Waals surface area (Å²) in [6, 6.07) is 119. The highest BCUT2D eigenvalue weighted by atomic mass is 15.3. The van der Waals surface area contributed by atoms with Crippen LogP contribution in [0.2, 0.25) is 0 Å². The Morgan fingerprint density at radius 2 is 0.582 bits per heavy atom. The number of hydrogen-bond acceptors (Lipinski definition) is 8. The molecular formula is C88H56N10. The summed E-state index contributed by atoms with van der Waals surface area (Å²) in [5.74, 6) is 2.88. The van der Waals surface area contributed by atoms with Crippen LogP contribution in [0.1, 0.15) is 0 Å². The number of rotatable bonds is 10. The minimum absolute atomic E-state index is 0.649. The highest BCUT2D eigenvalue weighted by Gasteiger charge is 2.32. The van der Waals surface area contributed by atoms with Crippen molar-refractivity contribution in [3.05, 3.63) is 340 Å². The van der Waals surface area contributed by atoms with Crippen molar-refractivity contribution < 1.29 is 0 Å². The van der Waals surface area contributed by atoms with Crippen molar-refractivity contribution in [2.24, 2.45) is 0 Å². The second-order valence-corrected chi connectivity index (χ2v) is 24.7. The van der Waals surface area contributed by atoms with Crippen LogP contribution in [-0.4, -0.2) is 39.0 Å². The number of fused-ring (bicyclic) bond motifs is 14. The third-order valence-corrected chi connectivity index (χ3v) is 18.8. The average Bonchev–Trinajstić information content (AvgIpc) is 1.57. The molecule has 0 saturated heterocycles. The van der Waals surface area contributed by atoms with Crippen molar-refractivity contribution in [3.8, 4) is 124 Å². The molecule has 0 N–H and O–H groups in total. The molecule has 0 fully saturated rings. The lowest BCUT2D eigenvalue weighted by Crippen LogP contribution is -2.14. The highest BCUT2D eigenvalue weighted by molar-refractivity contribution is 6.01. The van der Waals surface area contributed by atoms with E-state index in [1.165, 1.54) is 0 Å². The highest BCUT2D eigenvalue weighted by Crippen LogP contribution is 2.52. The number of para-hydroxylation sites is 5. The number of imidazole rings is 2. The maximum absolute atomic E-state index is 5.69. The van der Waals surface area contributed by atoms with Crippen molar-refractivity contribution >= 4 is 56.7 Å². The molecule has 2 aliphatic heterocycles. The first kappa shape index (κ1) is 56.1.